The Morgan fingerprint density at radius 3 is 2.55 bits per heavy atom. The molecule has 0 aliphatic carbocycles. The lowest BCUT2D eigenvalue weighted by molar-refractivity contribution is 0.0971. The Bertz CT molecular complexity index is 919. The fraction of sp³-hybridized carbons (Fsp3) is 0.176. The molecule has 2 aromatic carbocycles. The number of para-hydroxylation sites is 1. The van der Waals surface area contributed by atoms with Crippen LogP contribution in [0.3, 0.4) is 0 Å². The molecule has 1 N–H and O–H groups in total. The van der Waals surface area contributed by atoms with Crippen LogP contribution in [-0.2, 0) is 13.6 Å². The van der Waals surface area contributed by atoms with E-state index in [1.54, 1.807) is 16.7 Å². The number of carbonyl (C=O) groups excluding carboxylic acids is 1. The number of rotatable bonds is 3. The highest BCUT2D eigenvalue weighted by Gasteiger charge is 2.14. The third-order valence-electron chi connectivity index (χ3n) is 3.88. The van der Waals surface area contributed by atoms with Crippen molar-refractivity contribution in [1.29, 1.82) is 5.41 Å². The molecule has 0 saturated heterocycles. The van der Waals surface area contributed by atoms with Crippen molar-refractivity contribution >= 4 is 32.7 Å². The van der Waals surface area contributed by atoms with E-state index in [2.05, 4.69) is 15.9 Å². The zero-order valence-electron chi connectivity index (χ0n) is 12.4. The quantitative estimate of drug-likeness (QED) is 0.717. The first-order valence-corrected chi connectivity index (χ1v) is 7.76. The second-order valence-electron chi connectivity index (χ2n) is 5.34. The SMILES string of the molecule is Cc1cccc2c1n(C)c(=N)n2CC(=O)c1ccc(Br)cc1. The molecule has 0 bridgehead atoms. The molecule has 1 heterocycles. The Morgan fingerprint density at radius 1 is 1.18 bits per heavy atom. The Hall–Kier alpha value is -2.14. The number of aromatic nitrogens is 2. The van der Waals surface area contributed by atoms with Crippen LogP contribution in [0.2, 0.25) is 0 Å². The summed E-state index contributed by atoms with van der Waals surface area (Å²) >= 11 is 3.37. The Labute approximate surface area is 136 Å². The van der Waals surface area contributed by atoms with Crippen molar-refractivity contribution in [3.63, 3.8) is 0 Å². The lowest BCUT2D eigenvalue weighted by Gasteiger charge is -2.05. The van der Waals surface area contributed by atoms with Crippen LogP contribution in [0.15, 0.2) is 46.9 Å². The van der Waals surface area contributed by atoms with Gasteiger partial charge in [-0.25, -0.2) is 0 Å². The van der Waals surface area contributed by atoms with E-state index in [0.717, 1.165) is 21.1 Å². The van der Waals surface area contributed by atoms with E-state index in [0.29, 0.717) is 11.2 Å². The zero-order valence-corrected chi connectivity index (χ0v) is 14.0. The molecule has 0 unspecified atom stereocenters. The minimum Gasteiger partial charge on any atom is -0.313 e. The maximum Gasteiger partial charge on any atom is 0.203 e. The topological polar surface area (TPSA) is 50.8 Å². The maximum atomic E-state index is 12.5. The summed E-state index contributed by atoms with van der Waals surface area (Å²) in [4.78, 5) is 12.5. The standard InChI is InChI=1S/C17H16BrN3O/c1-11-4-3-5-14-16(11)20(2)17(19)21(14)10-15(22)12-6-8-13(18)9-7-12/h3-9,19H,10H2,1-2H3. The van der Waals surface area contributed by atoms with Gasteiger partial charge in [-0.3, -0.25) is 10.2 Å². The number of hydrogen-bond donors (Lipinski definition) is 1. The minimum absolute atomic E-state index is 0.00000567. The van der Waals surface area contributed by atoms with Gasteiger partial charge in [0.15, 0.2) is 5.78 Å². The van der Waals surface area contributed by atoms with Crippen LogP contribution in [0.1, 0.15) is 15.9 Å². The number of hydrogen-bond acceptors (Lipinski definition) is 2. The van der Waals surface area contributed by atoms with Crippen molar-refractivity contribution in [3.8, 4) is 0 Å². The summed E-state index contributed by atoms with van der Waals surface area (Å²) in [5.74, 6) is 0.00000567. The third-order valence-corrected chi connectivity index (χ3v) is 4.41. The first kappa shape index (κ1) is 14.8. The molecule has 5 heteroatoms. The average molecular weight is 358 g/mol. The predicted molar refractivity (Wildman–Crippen MR) is 90.0 cm³/mol. The fourth-order valence-corrected chi connectivity index (χ4v) is 2.99. The van der Waals surface area contributed by atoms with Crippen LogP contribution >= 0.6 is 15.9 Å². The van der Waals surface area contributed by atoms with Crippen molar-refractivity contribution in [2.24, 2.45) is 7.05 Å². The first-order valence-electron chi connectivity index (χ1n) is 6.97. The van der Waals surface area contributed by atoms with Crippen LogP contribution in [0, 0.1) is 12.3 Å². The molecule has 0 aliphatic rings. The van der Waals surface area contributed by atoms with Crippen molar-refractivity contribution in [3.05, 3.63) is 63.7 Å². The predicted octanol–water partition coefficient (Wildman–Crippen LogP) is 3.41. The second kappa shape index (κ2) is 5.57. The number of Topliss-reactive ketones (excluding diaryl/α,β-unsaturated/α-hetero) is 1. The number of imidazole rings is 1. The van der Waals surface area contributed by atoms with E-state index in [4.69, 9.17) is 5.41 Å². The maximum absolute atomic E-state index is 12.5. The minimum atomic E-state index is 0.00000567. The van der Waals surface area contributed by atoms with E-state index >= 15 is 0 Å². The van der Waals surface area contributed by atoms with Gasteiger partial charge in [0.05, 0.1) is 17.6 Å². The number of benzene rings is 2. The number of carbonyl (C=O) groups is 1. The van der Waals surface area contributed by atoms with Crippen LogP contribution < -0.4 is 5.62 Å². The van der Waals surface area contributed by atoms with Crippen LogP contribution in [0.4, 0.5) is 0 Å². The van der Waals surface area contributed by atoms with Crippen LogP contribution in [-0.4, -0.2) is 14.9 Å². The van der Waals surface area contributed by atoms with Gasteiger partial charge in [-0.2, -0.15) is 0 Å². The lowest BCUT2D eigenvalue weighted by Crippen LogP contribution is -2.25. The average Bonchev–Trinajstić information content (AvgIpc) is 2.74. The molecule has 0 radical (unpaired) electrons. The molecule has 0 atom stereocenters. The molecule has 22 heavy (non-hydrogen) atoms. The molecule has 4 nitrogen and oxygen atoms in total. The van der Waals surface area contributed by atoms with Gasteiger partial charge in [0.25, 0.3) is 0 Å². The summed E-state index contributed by atoms with van der Waals surface area (Å²) in [6, 6.07) is 13.2. The number of nitrogens with zero attached hydrogens (tertiary/aromatic N) is 2. The fourth-order valence-electron chi connectivity index (χ4n) is 2.73. The molecule has 0 fully saturated rings. The van der Waals surface area contributed by atoms with Gasteiger partial charge >= 0.3 is 0 Å². The lowest BCUT2D eigenvalue weighted by atomic mass is 10.1. The van der Waals surface area contributed by atoms with Gasteiger partial charge < -0.3 is 9.13 Å². The van der Waals surface area contributed by atoms with Crippen molar-refractivity contribution < 1.29 is 4.79 Å². The van der Waals surface area contributed by atoms with Gasteiger partial charge in [-0.1, -0.05) is 40.2 Å². The Morgan fingerprint density at radius 2 is 1.86 bits per heavy atom. The van der Waals surface area contributed by atoms with E-state index < -0.39 is 0 Å². The first-order chi connectivity index (χ1) is 10.5. The summed E-state index contributed by atoms with van der Waals surface area (Å²) in [7, 11) is 1.86. The normalized spacial score (nSPS) is 11.0. The number of ketones is 1. The van der Waals surface area contributed by atoms with E-state index in [9.17, 15) is 4.79 Å². The highest BCUT2D eigenvalue weighted by atomic mass is 79.9. The molecule has 0 saturated carbocycles. The van der Waals surface area contributed by atoms with Gasteiger partial charge in [0.2, 0.25) is 5.62 Å². The number of nitrogens with one attached hydrogen (secondary N) is 1. The van der Waals surface area contributed by atoms with Gasteiger partial charge in [-0.15, -0.1) is 0 Å². The highest BCUT2D eigenvalue weighted by molar-refractivity contribution is 9.10. The Balaban J connectivity index is 2.06. The summed E-state index contributed by atoms with van der Waals surface area (Å²) in [6.45, 7) is 2.18. The summed E-state index contributed by atoms with van der Waals surface area (Å²) in [6.07, 6.45) is 0. The van der Waals surface area contributed by atoms with Gasteiger partial charge in [0.1, 0.15) is 0 Å². The largest absolute Gasteiger partial charge is 0.313 e. The monoisotopic (exact) mass is 357 g/mol. The van der Waals surface area contributed by atoms with E-state index in [1.165, 1.54) is 0 Å². The van der Waals surface area contributed by atoms with Crippen molar-refractivity contribution in [1.82, 2.24) is 9.13 Å². The molecule has 0 amide bonds. The molecule has 112 valence electrons. The van der Waals surface area contributed by atoms with Crippen molar-refractivity contribution in [2.75, 3.05) is 0 Å². The summed E-state index contributed by atoms with van der Waals surface area (Å²) in [5, 5.41) is 8.28. The smallest absolute Gasteiger partial charge is 0.203 e. The Kier molecular flexibility index (Phi) is 3.74. The molecule has 3 aromatic rings. The van der Waals surface area contributed by atoms with Gasteiger partial charge in [0, 0.05) is 17.1 Å². The third kappa shape index (κ3) is 2.41. The van der Waals surface area contributed by atoms with Crippen molar-refractivity contribution in [2.45, 2.75) is 13.5 Å². The number of halogens is 1. The van der Waals surface area contributed by atoms with E-state index in [-0.39, 0.29) is 12.3 Å². The molecule has 3 rings (SSSR count). The highest BCUT2D eigenvalue weighted by Crippen LogP contribution is 2.17. The number of fused-ring (bicyclic) bond motifs is 1. The zero-order chi connectivity index (χ0) is 15.9. The summed E-state index contributed by atoms with van der Waals surface area (Å²) in [5.41, 5.74) is 3.99. The molecule has 0 spiro atoms. The second-order valence-corrected chi connectivity index (χ2v) is 6.26. The van der Waals surface area contributed by atoms with E-state index in [1.807, 2.05) is 48.9 Å². The van der Waals surface area contributed by atoms with Crippen LogP contribution in [0.25, 0.3) is 11.0 Å². The molecular formula is C17H16BrN3O. The molecule has 0 aliphatic heterocycles. The van der Waals surface area contributed by atoms with Crippen LogP contribution in [0.5, 0.6) is 0 Å². The summed E-state index contributed by atoms with van der Waals surface area (Å²) < 4.78 is 4.52. The molecule has 1 aromatic heterocycles. The molecular weight excluding hydrogens is 342 g/mol. The van der Waals surface area contributed by atoms with Gasteiger partial charge in [-0.05, 0) is 30.7 Å². The number of aryl methyl sites for hydroxylation is 2.